The number of hydrogen-bond acceptors (Lipinski definition) is 9. The van der Waals surface area contributed by atoms with Crippen molar-refractivity contribution in [1.29, 1.82) is 0 Å². The van der Waals surface area contributed by atoms with Gasteiger partial charge in [-0.05, 0) is 55.3 Å². The van der Waals surface area contributed by atoms with Crippen molar-refractivity contribution in [2.45, 2.75) is 51.1 Å². The van der Waals surface area contributed by atoms with Crippen LogP contribution in [0.15, 0.2) is 95.1 Å². The molecule has 0 spiro atoms. The van der Waals surface area contributed by atoms with Crippen LogP contribution < -0.4 is 4.72 Å². The molecular formula is C32H33F3N6O7S. The van der Waals surface area contributed by atoms with Crippen LogP contribution in [0.2, 0.25) is 0 Å². The Bertz CT molecular complexity index is 1920. The van der Waals surface area contributed by atoms with Crippen LogP contribution in [-0.2, 0) is 30.6 Å². The Balaban J connectivity index is 1.49. The SMILES string of the molecule is Cc1ccc(-c2cc(C(F)(F)F)nn2-c2ccc(S(=O)(=O)NC(=O)[C@H](C(C)C)N(C)[N+]([O-])=NOC(C)OC(=O)c3ccccc3)cc2)cc1. The first-order chi connectivity index (χ1) is 23.0. The van der Waals surface area contributed by atoms with Crippen molar-refractivity contribution in [3.8, 4) is 16.9 Å². The highest BCUT2D eigenvalue weighted by molar-refractivity contribution is 7.90. The fourth-order valence-electron chi connectivity index (χ4n) is 4.65. The lowest BCUT2D eigenvalue weighted by atomic mass is 10.0. The van der Waals surface area contributed by atoms with Gasteiger partial charge >= 0.3 is 12.1 Å². The van der Waals surface area contributed by atoms with E-state index in [4.69, 9.17) is 9.57 Å². The van der Waals surface area contributed by atoms with E-state index in [-0.39, 0.29) is 26.8 Å². The van der Waals surface area contributed by atoms with Crippen molar-refractivity contribution < 1.29 is 45.7 Å². The summed E-state index contributed by atoms with van der Waals surface area (Å²) in [6, 6.07) is 19.0. The van der Waals surface area contributed by atoms with Crippen molar-refractivity contribution in [2.24, 2.45) is 11.2 Å². The molecule has 1 aromatic heterocycles. The number of aryl methyl sites for hydroxylation is 1. The van der Waals surface area contributed by atoms with E-state index in [1.807, 2.05) is 11.6 Å². The highest BCUT2D eigenvalue weighted by Gasteiger charge is 2.36. The van der Waals surface area contributed by atoms with Gasteiger partial charge in [0.05, 0.1) is 33.9 Å². The molecule has 13 nitrogen and oxygen atoms in total. The number of rotatable bonds is 12. The Morgan fingerprint density at radius 3 is 2.18 bits per heavy atom. The van der Waals surface area contributed by atoms with E-state index in [9.17, 15) is 36.4 Å². The number of carbonyl (C=O) groups is 2. The molecule has 0 aliphatic carbocycles. The topological polar surface area (TPSA) is 158 Å². The van der Waals surface area contributed by atoms with E-state index < -0.39 is 52.0 Å². The maximum atomic E-state index is 13.6. The molecule has 0 radical (unpaired) electrons. The minimum absolute atomic E-state index is 0.0938. The van der Waals surface area contributed by atoms with Gasteiger partial charge in [0, 0.05) is 12.5 Å². The number of hydrazine groups is 1. The number of esters is 1. The lowest BCUT2D eigenvalue weighted by molar-refractivity contribution is -0.713. The number of hydrogen-bond donors (Lipinski definition) is 1. The first kappa shape index (κ1) is 36.4. The maximum absolute atomic E-state index is 13.6. The molecule has 1 unspecified atom stereocenters. The van der Waals surface area contributed by atoms with Gasteiger partial charge in [0.15, 0.2) is 11.7 Å². The Hall–Kier alpha value is -5.45. The van der Waals surface area contributed by atoms with Crippen LogP contribution in [0.1, 0.15) is 42.4 Å². The standard InChI is InChI=1S/C32H33F3N6O7S/c1-20(2)29(39(5)41(44)38-48-22(4)47-31(43)24-9-7-6-8-10-24)30(42)37-49(45,46)26-17-15-25(16-18-26)40-27(19-28(36-40)32(33,34)35)23-13-11-21(3)12-14-23/h6-20,22,29H,1-5H3,(H,37,42)/t22?,29-/m0/s1. The van der Waals surface area contributed by atoms with Crippen LogP contribution in [0.5, 0.6) is 0 Å². The minimum atomic E-state index is -4.73. The van der Waals surface area contributed by atoms with Crippen LogP contribution in [0.4, 0.5) is 13.2 Å². The highest BCUT2D eigenvalue weighted by Crippen LogP contribution is 2.33. The number of carbonyl (C=O) groups excluding carboxylic acids is 2. The van der Waals surface area contributed by atoms with Crippen LogP contribution in [-0.4, -0.2) is 59.4 Å². The summed E-state index contributed by atoms with van der Waals surface area (Å²) in [5.41, 5.74) is 0.709. The molecular weight excluding hydrogens is 669 g/mol. The van der Waals surface area contributed by atoms with Gasteiger partial charge in [0.1, 0.15) is 0 Å². The summed E-state index contributed by atoms with van der Waals surface area (Å²) in [7, 11) is -3.34. The summed E-state index contributed by atoms with van der Waals surface area (Å²) in [6.45, 7) is 6.27. The summed E-state index contributed by atoms with van der Waals surface area (Å²) >= 11 is 0. The molecule has 3 aromatic carbocycles. The van der Waals surface area contributed by atoms with Crippen molar-refractivity contribution in [1.82, 2.24) is 19.5 Å². The number of nitrogens with one attached hydrogen (secondary N) is 1. The normalized spacial score (nSPS) is 13.4. The first-order valence-electron chi connectivity index (χ1n) is 14.7. The van der Waals surface area contributed by atoms with Crippen LogP contribution in [0.3, 0.4) is 0 Å². The number of sulfonamides is 1. The second-order valence-electron chi connectivity index (χ2n) is 11.2. The van der Waals surface area contributed by atoms with Crippen LogP contribution in [0.25, 0.3) is 16.9 Å². The average molecular weight is 703 g/mol. The van der Waals surface area contributed by atoms with Gasteiger partial charge < -0.3 is 9.94 Å². The number of likely N-dealkylation sites (N-methyl/N-ethyl adjacent to an activating group) is 1. The Morgan fingerprint density at radius 1 is 1.00 bits per heavy atom. The molecule has 4 aromatic rings. The van der Waals surface area contributed by atoms with E-state index >= 15 is 0 Å². The quantitative estimate of drug-likeness (QED) is 0.0649. The summed E-state index contributed by atoms with van der Waals surface area (Å²) in [5.74, 6) is -2.43. The third-order valence-electron chi connectivity index (χ3n) is 7.09. The molecule has 1 heterocycles. The van der Waals surface area contributed by atoms with Crippen LogP contribution >= 0.6 is 0 Å². The first-order valence-corrected chi connectivity index (χ1v) is 16.2. The third-order valence-corrected chi connectivity index (χ3v) is 8.46. The number of nitrogens with zero attached hydrogens (tertiary/aromatic N) is 5. The van der Waals surface area contributed by atoms with E-state index in [2.05, 4.69) is 10.4 Å². The molecule has 1 amide bonds. The number of benzene rings is 3. The summed E-state index contributed by atoms with van der Waals surface area (Å²) in [4.78, 5) is 29.8. The Morgan fingerprint density at radius 2 is 1.61 bits per heavy atom. The van der Waals surface area contributed by atoms with Crippen molar-refractivity contribution in [3.05, 3.63) is 107 Å². The molecule has 1 N–H and O–H groups in total. The molecule has 0 fully saturated rings. The number of halogens is 3. The molecule has 49 heavy (non-hydrogen) atoms. The molecule has 0 saturated carbocycles. The zero-order valence-electron chi connectivity index (χ0n) is 27.0. The Labute approximate surface area is 280 Å². The van der Waals surface area contributed by atoms with Crippen molar-refractivity contribution in [3.63, 3.8) is 0 Å². The van der Waals surface area contributed by atoms with Crippen LogP contribution in [0, 0.1) is 18.0 Å². The number of ether oxygens (including phenoxy) is 1. The lowest BCUT2D eigenvalue weighted by Gasteiger charge is -2.26. The lowest BCUT2D eigenvalue weighted by Crippen LogP contribution is -2.51. The molecule has 0 bridgehead atoms. The number of amides is 1. The number of alkyl halides is 3. The maximum Gasteiger partial charge on any atom is 0.435 e. The highest BCUT2D eigenvalue weighted by atomic mass is 32.2. The summed E-state index contributed by atoms with van der Waals surface area (Å²) in [6.07, 6.45) is -6.02. The third kappa shape index (κ3) is 8.92. The zero-order valence-corrected chi connectivity index (χ0v) is 27.8. The van der Waals surface area contributed by atoms with Gasteiger partial charge in [-0.1, -0.05) is 61.9 Å². The Kier molecular flexibility index (Phi) is 11.0. The summed E-state index contributed by atoms with van der Waals surface area (Å²) < 4.78 is 75.2. The van der Waals surface area contributed by atoms with Gasteiger partial charge in [0.25, 0.3) is 22.2 Å². The smallest absolute Gasteiger partial charge is 0.435 e. The number of aromatic nitrogens is 2. The van der Waals surface area contributed by atoms with Gasteiger partial charge in [-0.3, -0.25) is 9.63 Å². The van der Waals surface area contributed by atoms with E-state index in [1.54, 1.807) is 56.3 Å². The zero-order chi connectivity index (χ0) is 36.1. The molecule has 260 valence electrons. The van der Waals surface area contributed by atoms with Crippen molar-refractivity contribution >= 4 is 21.9 Å². The molecule has 0 aliphatic heterocycles. The van der Waals surface area contributed by atoms with Gasteiger partial charge in [-0.2, -0.15) is 18.3 Å². The molecule has 0 saturated heterocycles. The largest absolute Gasteiger partial charge is 0.569 e. The second-order valence-corrected chi connectivity index (χ2v) is 12.9. The molecule has 0 aliphatic rings. The molecule has 17 heteroatoms. The van der Waals surface area contributed by atoms with Crippen molar-refractivity contribution in [2.75, 3.05) is 7.05 Å². The second kappa shape index (κ2) is 14.8. The van der Waals surface area contributed by atoms with E-state index in [0.717, 1.165) is 33.5 Å². The fraction of sp³-hybridized carbons (Fsp3) is 0.281. The molecule has 4 rings (SSSR count). The van der Waals surface area contributed by atoms with E-state index in [1.165, 1.54) is 38.2 Å². The fourth-order valence-corrected chi connectivity index (χ4v) is 5.65. The minimum Gasteiger partial charge on any atom is -0.569 e. The molecule has 2 atom stereocenters. The van der Waals surface area contributed by atoms with Gasteiger partial charge in [0.2, 0.25) is 5.28 Å². The predicted octanol–water partition coefficient (Wildman–Crippen LogP) is 5.64. The average Bonchev–Trinajstić information content (AvgIpc) is 3.50. The van der Waals surface area contributed by atoms with E-state index in [0.29, 0.717) is 5.56 Å². The van der Waals surface area contributed by atoms with Gasteiger partial charge in [-0.15, -0.1) is 5.01 Å². The monoisotopic (exact) mass is 702 g/mol. The summed E-state index contributed by atoms with van der Waals surface area (Å²) in [5, 5.41) is 20.5. The predicted molar refractivity (Wildman–Crippen MR) is 169 cm³/mol. The van der Waals surface area contributed by atoms with Gasteiger partial charge in [-0.25, -0.2) is 22.6 Å².